The highest BCUT2D eigenvalue weighted by Crippen LogP contribution is 2.15. The molecule has 0 saturated carbocycles. The van der Waals surface area contributed by atoms with Gasteiger partial charge in [-0.15, -0.1) is 0 Å². The lowest BCUT2D eigenvalue weighted by Crippen LogP contribution is -2.27. The number of aromatic nitrogens is 4. The van der Waals surface area contributed by atoms with E-state index < -0.39 is 0 Å². The minimum Gasteiger partial charge on any atom is -0.368 e. The molecule has 2 heterocycles. The number of hydrogen-bond acceptors (Lipinski definition) is 5. The van der Waals surface area contributed by atoms with Gasteiger partial charge >= 0.3 is 0 Å². The number of hydrogen-bond donors (Lipinski definition) is 1. The third-order valence-electron chi connectivity index (χ3n) is 3.10. The van der Waals surface area contributed by atoms with Gasteiger partial charge in [-0.1, -0.05) is 13.8 Å². The van der Waals surface area contributed by atoms with Crippen molar-refractivity contribution in [2.24, 2.45) is 7.05 Å². The van der Waals surface area contributed by atoms with E-state index in [1.807, 2.05) is 27.1 Å². The molecule has 1 amide bonds. The van der Waals surface area contributed by atoms with Crippen molar-refractivity contribution in [1.82, 2.24) is 24.6 Å². The van der Waals surface area contributed by atoms with Crippen LogP contribution in [-0.2, 0) is 13.6 Å². The molecule has 0 saturated heterocycles. The lowest BCUT2D eigenvalue weighted by Gasteiger charge is -2.16. The molecule has 0 aromatic carbocycles. The lowest BCUT2D eigenvalue weighted by atomic mass is 10.1. The van der Waals surface area contributed by atoms with Gasteiger partial charge in [0.2, 0.25) is 5.95 Å². The molecule has 2 aromatic rings. The van der Waals surface area contributed by atoms with E-state index in [4.69, 9.17) is 5.73 Å². The Labute approximate surface area is 123 Å². The Morgan fingerprint density at radius 2 is 2.14 bits per heavy atom. The summed E-state index contributed by atoms with van der Waals surface area (Å²) in [6.45, 7) is 4.46. The largest absolute Gasteiger partial charge is 0.368 e. The van der Waals surface area contributed by atoms with Crippen molar-refractivity contribution in [3.05, 3.63) is 35.4 Å². The number of nitrogens with zero attached hydrogens (tertiary/aromatic N) is 5. The molecule has 0 aliphatic carbocycles. The maximum Gasteiger partial charge on any atom is 0.272 e. The number of anilines is 1. The molecule has 0 radical (unpaired) electrons. The second-order valence-corrected chi connectivity index (χ2v) is 5.37. The van der Waals surface area contributed by atoms with Crippen LogP contribution in [0.25, 0.3) is 0 Å². The predicted molar refractivity (Wildman–Crippen MR) is 79.5 cm³/mol. The van der Waals surface area contributed by atoms with E-state index >= 15 is 0 Å². The second-order valence-electron chi connectivity index (χ2n) is 5.37. The van der Waals surface area contributed by atoms with Crippen molar-refractivity contribution in [2.75, 3.05) is 12.8 Å². The van der Waals surface area contributed by atoms with Crippen LogP contribution in [0, 0.1) is 0 Å². The number of aryl methyl sites for hydroxylation is 1. The first-order valence-electron chi connectivity index (χ1n) is 6.74. The number of amides is 1. The highest BCUT2D eigenvalue weighted by atomic mass is 16.2. The zero-order valence-electron chi connectivity index (χ0n) is 12.7. The average molecular weight is 288 g/mol. The van der Waals surface area contributed by atoms with Crippen molar-refractivity contribution in [3.63, 3.8) is 0 Å². The second kappa shape index (κ2) is 5.90. The summed E-state index contributed by atoms with van der Waals surface area (Å²) in [6, 6.07) is 1.70. The molecule has 0 fully saturated rings. The third kappa shape index (κ3) is 3.56. The normalized spacial score (nSPS) is 10.9. The average Bonchev–Trinajstić information content (AvgIpc) is 2.82. The number of nitrogens with two attached hydrogens (primary N) is 1. The minimum absolute atomic E-state index is 0.124. The third-order valence-corrected chi connectivity index (χ3v) is 3.10. The molecule has 0 atom stereocenters. The van der Waals surface area contributed by atoms with Crippen LogP contribution in [-0.4, -0.2) is 37.6 Å². The van der Waals surface area contributed by atoms with Crippen LogP contribution in [0.3, 0.4) is 0 Å². The van der Waals surface area contributed by atoms with Gasteiger partial charge in [0, 0.05) is 38.1 Å². The highest BCUT2D eigenvalue weighted by molar-refractivity contribution is 5.92. The molecule has 0 aliphatic heterocycles. The first kappa shape index (κ1) is 15.0. The van der Waals surface area contributed by atoms with Crippen LogP contribution in [0.15, 0.2) is 18.5 Å². The van der Waals surface area contributed by atoms with Crippen molar-refractivity contribution in [3.8, 4) is 0 Å². The van der Waals surface area contributed by atoms with E-state index in [1.54, 1.807) is 28.9 Å². The summed E-state index contributed by atoms with van der Waals surface area (Å²) in [5.41, 5.74) is 7.72. The fourth-order valence-electron chi connectivity index (χ4n) is 1.99. The zero-order chi connectivity index (χ0) is 15.6. The van der Waals surface area contributed by atoms with Gasteiger partial charge in [0.05, 0.1) is 6.20 Å². The maximum absolute atomic E-state index is 12.4. The smallest absolute Gasteiger partial charge is 0.272 e. The maximum atomic E-state index is 12.4. The van der Waals surface area contributed by atoms with Crippen LogP contribution >= 0.6 is 0 Å². The molecule has 7 nitrogen and oxygen atoms in total. The van der Waals surface area contributed by atoms with Gasteiger partial charge in [0.25, 0.3) is 5.91 Å². The van der Waals surface area contributed by atoms with Gasteiger partial charge in [-0.25, -0.2) is 9.97 Å². The van der Waals surface area contributed by atoms with Crippen LogP contribution in [0.5, 0.6) is 0 Å². The van der Waals surface area contributed by atoms with E-state index in [0.29, 0.717) is 12.2 Å². The lowest BCUT2D eigenvalue weighted by molar-refractivity contribution is 0.0779. The zero-order valence-corrected chi connectivity index (χ0v) is 12.7. The van der Waals surface area contributed by atoms with Crippen LogP contribution in [0.2, 0.25) is 0 Å². The topological polar surface area (TPSA) is 89.9 Å². The number of carbonyl (C=O) groups excluding carboxylic acids is 1. The first-order valence-corrected chi connectivity index (χ1v) is 6.74. The van der Waals surface area contributed by atoms with Crippen LogP contribution in [0.1, 0.15) is 41.5 Å². The van der Waals surface area contributed by atoms with Gasteiger partial charge in [0.1, 0.15) is 5.69 Å². The Balaban J connectivity index is 2.19. The van der Waals surface area contributed by atoms with Crippen molar-refractivity contribution in [1.29, 1.82) is 0 Å². The van der Waals surface area contributed by atoms with Gasteiger partial charge in [-0.05, 0) is 12.0 Å². The molecule has 0 unspecified atom stereocenters. The molecule has 2 aromatic heterocycles. The summed E-state index contributed by atoms with van der Waals surface area (Å²) in [7, 11) is 3.56. The molecule has 2 rings (SSSR count). The van der Waals surface area contributed by atoms with E-state index in [-0.39, 0.29) is 17.8 Å². The van der Waals surface area contributed by atoms with E-state index in [0.717, 1.165) is 11.3 Å². The predicted octanol–water partition coefficient (Wildman–Crippen LogP) is 1.19. The summed E-state index contributed by atoms with van der Waals surface area (Å²) in [5, 5.41) is 4.09. The van der Waals surface area contributed by atoms with Gasteiger partial charge in [-0.2, -0.15) is 5.10 Å². The molecular weight excluding hydrogens is 268 g/mol. The number of carbonyl (C=O) groups is 1. The molecular formula is C14H20N6O. The quantitative estimate of drug-likeness (QED) is 0.912. The van der Waals surface area contributed by atoms with Crippen molar-refractivity contribution < 1.29 is 4.79 Å². The van der Waals surface area contributed by atoms with Crippen LogP contribution < -0.4 is 5.73 Å². The van der Waals surface area contributed by atoms with E-state index in [2.05, 4.69) is 15.1 Å². The molecule has 7 heteroatoms. The van der Waals surface area contributed by atoms with Crippen molar-refractivity contribution in [2.45, 2.75) is 26.3 Å². The molecule has 0 aliphatic rings. The van der Waals surface area contributed by atoms with Crippen molar-refractivity contribution >= 4 is 11.9 Å². The minimum atomic E-state index is -0.185. The SMILES string of the molecule is CC(C)c1cc(C(=O)N(C)Cc2cnn(C)c2)nc(N)n1. The molecule has 112 valence electrons. The standard InChI is InChI=1S/C14H20N6O/c1-9(2)11-5-12(18-14(15)17-11)13(21)19(3)7-10-6-16-20(4)8-10/h5-6,8-9H,7H2,1-4H3,(H2,15,17,18). The molecule has 0 bridgehead atoms. The summed E-state index contributed by atoms with van der Waals surface area (Å²) in [6.07, 6.45) is 3.61. The highest BCUT2D eigenvalue weighted by Gasteiger charge is 2.17. The van der Waals surface area contributed by atoms with E-state index in [1.165, 1.54) is 0 Å². The van der Waals surface area contributed by atoms with Crippen LogP contribution in [0.4, 0.5) is 5.95 Å². The molecule has 0 spiro atoms. The Morgan fingerprint density at radius 3 is 2.71 bits per heavy atom. The Morgan fingerprint density at radius 1 is 1.43 bits per heavy atom. The summed E-state index contributed by atoms with van der Waals surface area (Å²) in [5.74, 6) is 0.125. The Bertz CT molecular complexity index is 649. The van der Waals surface area contributed by atoms with Gasteiger partial charge < -0.3 is 10.6 Å². The number of rotatable bonds is 4. The Kier molecular flexibility index (Phi) is 4.21. The van der Waals surface area contributed by atoms with Gasteiger partial charge in [-0.3, -0.25) is 9.48 Å². The van der Waals surface area contributed by atoms with Gasteiger partial charge in [0.15, 0.2) is 0 Å². The fraction of sp³-hybridized carbons (Fsp3) is 0.429. The summed E-state index contributed by atoms with van der Waals surface area (Å²) >= 11 is 0. The first-order chi connectivity index (χ1) is 9.86. The van der Waals surface area contributed by atoms with E-state index in [9.17, 15) is 4.79 Å². The summed E-state index contributed by atoms with van der Waals surface area (Å²) < 4.78 is 1.70. The molecule has 2 N–H and O–H groups in total. The number of nitrogen functional groups attached to an aromatic ring is 1. The summed E-state index contributed by atoms with van der Waals surface area (Å²) in [4.78, 5) is 22.2. The fourth-order valence-corrected chi connectivity index (χ4v) is 1.99. The monoisotopic (exact) mass is 288 g/mol. The molecule has 21 heavy (non-hydrogen) atoms. The Hall–Kier alpha value is -2.44.